The number of amides is 1. The van der Waals surface area contributed by atoms with Crippen LogP contribution in [0.3, 0.4) is 0 Å². The second-order valence-electron chi connectivity index (χ2n) is 6.48. The third-order valence-electron chi connectivity index (χ3n) is 4.71. The van der Waals surface area contributed by atoms with Crippen molar-refractivity contribution >= 4 is 11.9 Å². The van der Waals surface area contributed by atoms with Crippen molar-refractivity contribution in [3.05, 3.63) is 35.9 Å². The van der Waals surface area contributed by atoms with Crippen molar-refractivity contribution in [2.45, 2.75) is 39.0 Å². The number of nitriles is 1. The molecule has 0 saturated carbocycles. The van der Waals surface area contributed by atoms with Gasteiger partial charge >= 0.3 is 6.09 Å². The van der Waals surface area contributed by atoms with E-state index in [-0.39, 0.29) is 18.3 Å². The number of ketones is 1. The van der Waals surface area contributed by atoms with Gasteiger partial charge in [-0.25, -0.2) is 4.79 Å². The van der Waals surface area contributed by atoms with Crippen LogP contribution in [0.2, 0.25) is 0 Å². The molecule has 7 nitrogen and oxygen atoms in total. The van der Waals surface area contributed by atoms with E-state index in [0.717, 1.165) is 12.0 Å². The van der Waals surface area contributed by atoms with E-state index in [1.165, 1.54) is 4.90 Å². The first-order chi connectivity index (χ1) is 12.6. The summed E-state index contributed by atoms with van der Waals surface area (Å²) >= 11 is 0. The van der Waals surface area contributed by atoms with Crippen molar-refractivity contribution in [3.63, 3.8) is 0 Å². The number of ether oxygens (including phenoxy) is 1. The van der Waals surface area contributed by atoms with Crippen molar-refractivity contribution in [3.8, 4) is 6.19 Å². The van der Waals surface area contributed by atoms with Gasteiger partial charge in [0, 0.05) is 19.6 Å². The van der Waals surface area contributed by atoms with Gasteiger partial charge in [0.15, 0.2) is 12.0 Å². The Kier molecular flexibility index (Phi) is 7.42. The van der Waals surface area contributed by atoms with Gasteiger partial charge in [-0.1, -0.05) is 50.6 Å². The van der Waals surface area contributed by atoms with Crippen molar-refractivity contribution < 1.29 is 14.3 Å². The Balaban J connectivity index is 2.00. The Bertz CT molecular complexity index is 644. The SMILES string of the molecule is CCC(C)C(NC(=O)OCc1ccccc1)C(=O)C1CNCCN1C#N. The van der Waals surface area contributed by atoms with Crippen LogP contribution in [0.1, 0.15) is 25.8 Å². The summed E-state index contributed by atoms with van der Waals surface area (Å²) in [6.07, 6.45) is 2.17. The third kappa shape index (κ3) is 5.20. The topological polar surface area (TPSA) is 94.5 Å². The zero-order valence-corrected chi connectivity index (χ0v) is 15.3. The highest BCUT2D eigenvalue weighted by Gasteiger charge is 2.36. The van der Waals surface area contributed by atoms with Crippen molar-refractivity contribution in [2.75, 3.05) is 19.6 Å². The molecule has 1 saturated heterocycles. The smallest absolute Gasteiger partial charge is 0.408 e. The monoisotopic (exact) mass is 358 g/mol. The van der Waals surface area contributed by atoms with Crippen LogP contribution in [-0.4, -0.2) is 48.5 Å². The predicted molar refractivity (Wildman–Crippen MR) is 97.0 cm³/mol. The largest absolute Gasteiger partial charge is 0.445 e. The summed E-state index contributed by atoms with van der Waals surface area (Å²) in [6, 6.07) is 8.10. The molecule has 3 atom stereocenters. The number of rotatable bonds is 7. The number of piperazine rings is 1. The number of nitrogens with zero attached hydrogens (tertiary/aromatic N) is 2. The second kappa shape index (κ2) is 9.78. The van der Waals surface area contributed by atoms with E-state index in [0.29, 0.717) is 19.6 Å². The number of carbonyl (C=O) groups is 2. The van der Waals surface area contributed by atoms with Crippen LogP contribution in [-0.2, 0) is 16.1 Å². The average Bonchev–Trinajstić information content (AvgIpc) is 2.70. The van der Waals surface area contributed by atoms with E-state index in [4.69, 9.17) is 4.74 Å². The molecule has 0 aromatic heterocycles. The molecular formula is C19H26N4O3. The van der Waals surface area contributed by atoms with E-state index < -0.39 is 18.2 Å². The minimum atomic E-state index is -0.691. The Hall–Kier alpha value is -2.59. The van der Waals surface area contributed by atoms with Gasteiger partial charge in [0.05, 0.1) is 6.04 Å². The lowest BCUT2D eigenvalue weighted by Crippen LogP contribution is -2.59. The highest BCUT2D eigenvalue weighted by atomic mass is 16.5. The van der Waals surface area contributed by atoms with Crippen LogP contribution in [0.15, 0.2) is 30.3 Å². The summed E-state index contributed by atoms with van der Waals surface area (Å²) in [5.41, 5.74) is 0.876. The maximum absolute atomic E-state index is 13.0. The van der Waals surface area contributed by atoms with E-state index in [2.05, 4.69) is 16.8 Å². The molecule has 1 fully saturated rings. The summed E-state index contributed by atoms with van der Waals surface area (Å²) in [5.74, 6) is -0.223. The zero-order valence-electron chi connectivity index (χ0n) is 15.3. The van der Waals surface area contributed by atoms with Crippen LogP contribution in [0.4, 0.5) is 4.79 Å². The van der Waals surface area contributed by atoms with Gasteiger partial charge in [0.1, 0.15) is 12.6 Å². The molecule has 2 N–H and O–H groups in total. The zero-order chi connectivity index (χ0) is 18.9. The molecule has 3 unspecified atom stereocenters. The predicted octanol–water partition coefficient (Wildman–Crippen LogP) is 1.65. The van der Waals surface area contributed by atoms with Gasteiger partial charge in [-0.15, -0.1) is 0 Å². The molecule has 0 radical (unpaired) electrons. The highest BCUT2D eigenvalue weighted by molar-refractivity contribution is 5.92. The minimum Gasteiger partial charge on any atom is -0.445 e. The Morgan fingerprint density at radius 1 is 1.42 bits per heavy atom. The fourth-order valence-corrected chi connectivity index (χ4v) is 2.91. The van der Waals surface area contributed by atoms with Gasteiger partial charge < -0.3 is 15.4 Å². The normalized spacial score (nSPS) is 19.1. The average molecular weight is 358 g/mol. The summed E-state index contributed by atoms with van der Waals surface area (Å²) in [7, 11) is 0. The molecule has 140 valence electrons. The van der Waals surface area contributed by atoms with E-state index in [9.17, 15) is 14.9 Å². The first kappa shape index (κ1) is 19.7. The lowest BCUT2D eigenvalue weighted by Gasteiger charge is -2.34. The molecule has 7 heteroatoms. The van der Waals surface area contributed by atoms with E-state index >= 15 is 0 Å². The van der Waals surface area contributed by atoms with Crippen LogP contribution in [0.25, 0.3) is 0 Å². The molecule has 26 heavy (non-hydrogen) atoms. The quantitative estimate of drug-likeness (QED) is 0.720. The van der Waals surface area contributed by atoms with E-state index in [1.807, 2.05) is 44.2 Å². The molecule has 1 aromatic rings. The molecule has 0 bridgehead atoms. The van der Waals surface area contributed by atoms with Crippen LogP contribution in [0.5, 0.6) is 0 Å². The van der Waals surface area contributed by atoms with Crippen LogP contribution >= 0.6 is 0 Å². The molecule has 0 spiro atoms. The summed E-state index contributed by atoms with van der Waals surface area (Å²) in [4.78, 5) is 26.7. The molecular weight excluding hydrogens is 332 g/mol. The molecule has 1 aliphatic heterocycles. The van der Waals surface area contributed by atoms with Gasteiger partial charge in [0.2, 0.25) is 0 Å². The van der Waals surface area contributed by atoms with Crippen LogP contribution < -0.4 is 10.6 Å². The standard InChI is InChI=1S/C19H26N4O3/c1-3-14(2)17(18(24)16-11-21-9-10-23(16)13-20)22-19(25)26-12-15-7-5-4-6-8-15/h4-8,14,16-17,21H,3,9-12H2,1-2H3,(H,22,25). The summed E-state index contributed by atoms with van der Waals surface area (Å²) < 4.78 is 5.25. The van der Waals surface area contributed by atoms with Crippen LogP contribution in [0, 0.1) is 17.4 Å². The van der Waals surface area contributed by atoms with Gasteiger partial charge in [-0.05, 0) is 11.5 Å². The maximum atomic E-state index is 13.0. The lowest BCUT2D eigenvalue weighted by molar-refractivity contribution is -0.126. The molecule has 1 aromatic carbocycles. The Labute approximate surface area is 154 Å². The third-order valence-corrected chi connectivity index (χ3v) is 4.71. The highest BCUT2D eigenvalue weighted by Crippen LogP contribution is 2.15. The number of carbonyl (C=O) groups excluding carboxylic acids is 2. The first-order valence-electron chi connectivity index (χ1n) is 8.94. The Morgan fingerprint density at radius 3 is 2.81 bits per heavy atom. The Morgan fingerprint density at radius 2 is 2.15 bits per heavy atom. The number of Topliss-reactive ketones (excluding diaryl/α,β-unsaturated/α-hetero) is 1. The number of benzene rings is 1. The lowest BCUT2D eigenvalue weighted by atomic mass is 9.91. The first-order valence-corrected chi connectivity index (χ1v) is 8.94. The van der Waals surface area contributed by atoms with E-state index in [1.54, 1.807) is 0 Å². The number of hydrogen-bond donors (Lipinski definition) is 2. The van der Waals surface area contributed by atoms with Gasteiger partial charge in [-0.2, -0.15) is 5.26 Å². The number of alkyl carbamates (subject to hydrolysis) is 1. The maximum Gasteiger partial charge on any atom is 0.408 e. The fraction of sp³-hybridized carbons (Fsp3) is 0.526. The van der Waals surface area contributed by atoms with Crippen molar-refractivity contribution in [1.29, 1.82) is 5.26 Å². The molecule has 1 heterocycles. The number of hydrogen-bond acceptors (Lipinski definition) is 6. The van der Waals surface area contributed by atoms with Crippen molar-refractivity contribution in [2.24, 2.45) is 5.92 Å². The van der Waals surface area contributed by atoms with Crippen molar-refractivity contribution in [1.82, 2.24) is 15.5 Å². The van der Waals surface area contributed by atoms with Gasteiger partial charge in [-0.3, -0.25) is 9.69 Å². The fourth-order valence-electron chi connectivity index (χ4n) is 2.91. The summed E-state index contributed by atoms with van der Waals surface area (Å²) in [5, 5.41) is 15.1. The number of nitrogens with one attached hydrogen (secondary N) is 2. The minimum absolute atomic E-state index is 0.0609. The molecule has 1 amide bonds. The molecule has 0 aliphatic carbocycles. The molecule has 1 aliphatic rings. The second-order valence-corrected chi connectivity index (χ2v) is 6.48. The molecule has 2 rings (SSSR count). The van der Waals surface area contributed by atoms with Gasteiger partial charge in [0.25, 0.3) is 0 Å². The summed E-state index contributed by atoms with van der Waals surface area (Å²) in [6.45, 7) is 5.57.